The monoisotopic (exact) mass is 408 g/mol. The molecule has 0 atom stereocenters. The Kier molecular flexibility index (Phi) is 6.54. The van der Waals surface area contributed by atoms with Gasteiger partial charge in [0.15, 0.2) is 5.16 Å². The van der Waals surface area contributed by atoms with Crippen LogP contribution in [-0.2, 0) is 16.1 Å². The van der Waals surface area contributed by atoms with E-state index in [0.717, 1.165) is 35.2 Å². The molecule has 27 heavy (non-hydrogen) atoms. The van der Waals surface area contributed by atoms with E-state index in [9.17, 15) is 9.59 Å². The number of amides is 1. The first kappa shape index (κ1) is 19.9. The van der Waals surface area contributed by atoms with Crippen molar-refractivity contribution in [1.82, 2.24) is 14.8 Å². The number of aryl methyl sites for hydroxylation is 1. The van der Waals surface area contributed by atoms with E-state index in [1.165, 1.54) is 43.1 Å². The number of aromatic nitrogens is 3. The summed E-state index contributed by atoms with van der Waals surface area (Å²) in [7, 11) is 1.33. The predicted molar refractivity (Wildman–Crippen MR) is 107 cm³/mol. The molecule has 0 aromatic carbocycles. The summed E-state index contributed by atoms with van der Waals surface area (Å²) in [6.07, 6.45) is 4.82. The van der Waals surface area contributed by atoms with Crippen molar-refractivity contribution < 1.29 is 14.3 Å². The first-order valence-corrected chi connectivity index (χ1v) is 10.9. The number of anilines is 1. The molecule has 9 heteroatoms. The third kappa shape index (κ3) is 4.52. The lowest BCUT2D eigenvalue weighted by atomic mass is 10.1. The van der Waals surface area contributed by atoms with Crippen molar-refractivity contribution in [3.63, 3.8) is 0 Å². The zero-order chi connectivity index (χ0) is 19.4. The third-order valence-corrected chi connectivity index (χ3v) is 6.56. The van der Waals surface area contributed by atoms with Crippen molar-refractivity contribution in [3.05, 3.63) is 22.3 Å². The van der Waals surface area contributed by atoms with E-state index >= 15 is 0 Å². The Morgan fingerprint density at radius 1 is 1.37 bits per heavy atom. The Balaban J connectivity index is 1.64. The SMILES string of the molecule is CCn1c(SCC(=O)Nc2sc(C)cc2C(=O)OC)nnc1C1CCCC1. The number of carbonyl (C=O) groups excluding carboxylic acids is 2. The predicted octanol–water partition coefficient (Wildman–Crippen LogP) is 3.84. The fourth-order valence-electron chi connectivity index (χ4n) is 3.35. The molecule has 0 radical (unpaired) electrons. The van der Waals surface area contributed by atoms with Gasteiger partial charge in [0.25, 0.3) is 0 Å². The summed E-state index contributed by atoms with van der Waals surface area (Å²) in [5, 5.41) is 12.8. The van der Waals surface area contributed by atoms with Gasteiger partial charge in [0.05, 0.1) is 18.4 Å². The first-order chi connectivity index (χ1) is 13.0. The van der Waals surface area contributed by atoms with Crippen molar-refractivity contribution in [3.8, 4) is 0 Å². The van der Waals surface area contributed by atoms with Crippen LogP contribution in [-0.4, -0.2) is 39.5 Å². The van der Waals surface area contributed by atoms with E-state index in [4.69, 9.17) is 4.74 Å². The lowest BCUT2D eigenvalue weighted by molar-refractivity contribution is -0.113. The number of nitrogens with zero attached hydrogens (tertiary/aromatic N) is 3. The van der Waals surface area contributed by atoms with Crippen LogP contribution < -0.4 is 5.32 Å². The molecule has 3 rings (SSSR count). The van der Waals surface area contributed by atoms with Crippen LogP contribution in [0.15, 0.2) is 11.2 Å². The maximum absolute atomic E-state index is 12.4. The number of thiophene rings is 1. The molecule has 0 unspecified atom stereocenters. The molecule has 0 bridgehead atoms. The molecule has 2 aromatic rings. The highest BCUT2D eigenvalue weighted by molar-refractivity contribution is 7.99. The smallest absolute Gasteiger partial charge is 0.340 e. The summed E-state index contributed by atoms with van der Waals surface area (Å²) >= 11 is 2.73. The minimum absolute atomic E-state index is 0.180. The Labute approximate surface area is 166 Å². The Morgan fingerprint density at radius 2 is 2.11 bits per heavy atom. The number of hydrogen-bond donors (Lipinski definition) is 1. The molecule has 1 aliphatic carbocycles. The third-order valence-electron chi connectivity index (χ3n) is 4.63. The summed E-state index contributed by atoms with van der Waals surface area (Å²) in [5.74, 6) is 1.10. The summed E-state index contributed by atoms with van der Waals surface area (Å²) in [6, 6.07) is 1.72. The molecule has 2 heterocycles. The molecule has 7 nitrogen and oxygen atoms in total. The summed E-state index contributed by atoms with van der Waals surface area (Å²) in [4.78, 5) is 25.1. The van der Waals surface area contributed by atoms with Crippen LogP contribution in [0, 0.1) is 6.92 Å². The van der Waals surface area contributed by atoms with Gasteiger partial charge in [-0.15, -0.1) is 21.5 Å². The minimum Gasteiger partial charge on any atom is -0.465 e. The van der Waals surface area contributed by atoms with Gasteiger partial charge in [0.1, 0.15) is 10.8 Å². The maximum Gasteiger partial charge on any atom is 0.340 e. The fraction of sp³-hybridized carbons (Fsp3) is 0.556. The summed E-state index contributed by atoms with van der Waals surface area (Å²) in [5.41, 5.74) is 0.388. The van der Waals surface area contributed by atoms with E-state index < -0.39 is 5.97 Å². The molecule has 0 saturated heterocycles. The van der Waals surface area contributed by atoms with Crippen LogP contribution in [0.3, 0.4) is 0 Å². The normalized spacial score (nSPS) is 14.5. The summed E-state index contributed by atoms with van der Waals surface area (Å²) < 4.78 is 6.89. The lowest BCUT2D eigenvalue weighted by Crippen LogP contribution is -2.16. The second kappa shape index (κ2) is 8.88. The average molecular weight is 409 g/mol. The van der Waals surface area contributed by atoms with Crippen molar-refractivity contribution in [2.45, 2.75) is 57.1 Å². The van der Waals surface area contributed by atoms with Gasteiger partial charge in [0.2, 0.25) is 5.91 Å². The van der Waals surface area contributed by atoms with Crippen LogP contribution in [0.5, 0.6) is 0 Å². The van der Waals surface area contributed by atoms with Gasteiger partial charge in [-0.05, 0) is 32.8 Å². The number of esters is 1. The fourth-order valence-corrected chi connectivity index (χ4v) is 5.08. The second-order valence-corrected chi connectivity index (χ2v) is 8.69. The molecule has 1 amide bonds. The highest BCUT2D eigenvalue weighted by Gasteiger charge is 2.24. The average Bonchev–Trinajstić information content (AvgIpc) is 3.38. The van der Waals surface area contributed by atoms with Gasteiger partial charge in [-0.25, -0.2) is 4.79 Å². The van der Waals surface area contributed by atoms with Gasteiger partial charge in [-0.3, -0.25) is 4.79 Å². The van der Waals surface area contributed by atoms with Gasteiger partial charge in [0, 0.05) is 17.3 Å². The molecule has 0 spiro atoms. The topological polar surface area (TPSA) is 86.1 Å². The van der Waals surface area contributed by atoms with Crippen molar-refractivity contribution in [2.75, 3.05) is 18.2 Å². The van der Waals surface area contributed by atoms with Crippen LogP contribution in [0.4, 0.5) is 5.00 Å². The largest absolute Gasteiger partial charge is 0.465 e. The quantitative estimate of drug-likeness (QED) is 0.553. The van der Waals surface area contributed by atoms with E-state index in [2.05, 4.69) is 27.0 Å². The van der Waals surface area contributed by atoms with E-state index in [1.807, 2.05) is 6.92 Å². The number of thioether (sulfide) groups is 1. The Bertz CT molecular complexity index is 825. The van der Waals surface area contributed by atoms with Crippen LogP contribution in [0.1, 0.15) is 59.6 Å². The van der Waals surface area contributed by atoms with Crippen LogP contribution >= 0.6 is 23.1 Å². The van der Waals surface area contributed by atoms with Crippen molar-refractivity contribution >= 4 is 40.0 Å². The lowest BCUT2D eigenvalue weighted by Gasteiger charge is -2.11. The molecule has 1 fully saturated rings. The second-order valence-electron chi connectivity index (χ2n) is 6.49. The molecule has 0 aliphatic heterocycles. The molecule has 2 aromatic heterocycles. The number of rotatable bonds is 7. The number of nitrogens with one attached hydrogen (secondary N) is 1. The zero-order valence-electron chi connectivity index (χ0n) is 15.8. The van der Waals surface area contributed by atoms with Gasteiger partial charge >= 0.3 is 5.97 Å². The van der Waals surface area contributed by atoms with E-state index in [0.29, 0.717) is 16.5 Å². The molecule has 1 aliphatic rings. The van der Waals surface area contributed by atoms with E-state index in [-0.39, 0.29) is 11.7 Å². The van der Waals surface area contributed by atoms with Gasteiger partial charge < -0.3 is 14.6 Å². The number of ether oxygens (including phenoxy) is 1. The molecular formula is C18H24N4O3S2. The number of hydrogen-bond acceptors (Lipinski definition) is 7. The van der Waals surface area contributed by atoms with Crippen LogP contribution in [0.25, 0.3) is 0 Å². The van der Waals surface area contributed by atoms with Crippen molar-refractivity contribution in [1.29, 1.82) is 0 Å². The standard InChI is InChI=1S/C18H24N4O3S2/c1-4-22-15(12-7-5-6-8-12)20-21-18(22)26-10-14(23)19-16-13(17(24)25-3)9-11(2)27-16/h9,12H,4-8,10H2,1-3H3,(H,19,23). The van der Waals surface area contributed by atoms with Gasteiger partial charge in [-0.2, -0.15) is 0 Å². The Morgan fingerprint density at radius 3 is 2.78 bits per heavy atom. The van der Waals surface area contributed by atoms with E-state index in [1.54, 1.807) is 6.07 Å². The molecular weight excluding hydrogens is 384 g/mol. The number of carbonyl (C=O) groups is 2. The highest BCUT2D eigenvalue weighted by Crippen LogP contribution is 2.34. The highest BCUT2D eigenvalue weighted by atomic mass is 32.2. The minimum atomic E-state index is -0.450. The van der Waals surface area contributed by atoms with Crippen molar-refractivity contribution in [2.24, 2.45) is 0 Å². The van der Waals surface area contributed by atoms with Gasteiger partial charge in [-0.1, -0.05) is 24.6 Å². The van der Waals surface area contributed by atoms with Crippen LogP contribution in [0.2, 0.25) is 0 Å². The summed E-state index contributed by atoms with van der Waals surface area (Å²) in [6.45, 7) is 4.75. The molecule has 1 saturated carbocycles. The zero-order valence-corrected chi connectivity index (χ0v) is 17.4. The molecule has 1 N–H and O–H groups in total. The molecule has 146 valence electrons. The first-order valence-electron chi connectivity index (χ1n) is 9.08. The number of methoxy groups -OCH3 is 1. The Hall–Kier alpha value is -1.87. The maximum atomic E-state index is 12.4.